The van der Waals surface area contributed by atoms with E-state index in [0.717, 1.165) is 12.8 Å². The van der Waals surface area contributed by atoms with E-state index in [4.69, 9.17) is 0 Å². The molecule has 0 unspecified atom stereocenters. The predicted molar refractivity (Wildman–Crippen MR) is 118 cm³/mol. The van der Waals surface area contributed by atoms with Crippen molar-refractivity contribution in [1.82, 2.24) is 14.6 Å². The summed E-state index contributed by atoms with van der Waals surface area (Å²) in [6.07, 6.45) is 9.25. The summed E-state index contributed by atoms with van der Waals surface area (Å²) in [4.78, 5) is 20.4. The zero-order valence-electron chi connectivity index (χ0n) is 17.7. The zero-order chi connectivity index (χ0) is 21.0. The fourth-order valence-electron chi connectivity index (χ4n) is 5.30. The summed E-state index contributed by atoms with van der Waals surface area (Å²) in [6, 6.07) is 4.39. The number of fused-ring (bicyclic) bond motifs is 3. The number of allylic oxidation sites excluding steroid dienone is 2. The van der Waals surface area contributed by atoms with Gasteiger partial charge in [0.1, 0.15) is 23.2 Å². The minimum absolute atomic E-state index is 0.261. The van der Waals surface area contributed by atoms with Crippen molar-refractivity contribution in [3.63, 3.8) is 0 Å². The standard InChI is InChI=1S/C24H27FN4O/c1-14-9-15-5-4-8-24(2,3)19(15)10-16(14)12-27-29-13-26-21-18-11-17(25)6-7-20(18)28-22(21)23(29)30/h6-7,11-14,16,28H,4-5,8-10H2,1-3H3/b27-12-/t14-,16-/m0/s1. The topological polar surface area (TPSA) is 63.0 Å². The van der Waals surface area contributed by atoms with E-state index in [1.165, 1.54) is 42.4 Å². The Morgan fingerprint density at radius 1 is 1.33 bits per heavy atom. The third-order valence-electron chi connectivity index (χ3n) is 7.10. The molecule has 3 aromatic rings. The Balaban J connectivity index is 1.48. The molecule has 1 aromatic carbocycles. The molecule has 156 valence electrons. The number of benzene rings is 1. The lowest BCUT2D eigenvalue weighted by Gasteiger charge is -2.42. The van der Waals surface area contributed by atoms with Gasteiger partial charge in [-0.15, -0.1) is 0 Å². The first-order valence-electron chi connectivity index (χ1n) is 10.8. The number of H-pyrrole nitrogens is 1. The number of hydrogen-bond acceptors (Lipinski definition) is 3. The molecule has 0 radical (unpaired) electrons. The van der Waals surface area contributed by atoms with E-state index in [2.05, 4.69) is 35.8 Å². The van der Waals surface area contributed by atoms with Crippen molar-refractivity contribution < 1.29 is 4.39 Å². The predicted octanol–water partition coefficient (Wildman–Crippen LogP) is 5.40. The van der Waals surface area contributed by atoms with E-state index in [0.29, 0.717) is 33.8 Å². The largest absolute Gasteiger partial charge is 0.349 e. The highest BCUT2D eigenvalue weighted by Crippen LogP contribution is 2.48. The normalized spacial score (nSPS) is 24.1. The van der Waals surface area contributed by atoms with Gasteiger partial charge in [0.25, 0.3) is 5.56 Å². The lowest BCUT2D eigenvalue weighted by atomic mass is 9.63. The summed E-state index contributed by atoms with van der Waals surface area (Å²) in [5.74, 6) is 0.461. The molecule has 1 N–H and O–H groups in total. The van der Waals surface area contributed by atoms with Gasteiger partial charge in [-0.05, 0) is 61.6 Å². The van der Waals surface area contributed by atoms with Gasteiger partial charge < -0.3 is 4.98 Å². The molecule has 0 saturated heterocycles. The van der Waals surface area contributed by atoms with Crippen LogP contribution in [0.3, 0.4) is 0 Å². The summed E-state index contributed by atoms with van der Waals surface area (Å²) in [5, 5.41) is 5.11. The SMILES string of the molecule is C[C@H]1CC2=C(C[C@H]1/C=N\n1cnc3c([nH]c4ccc(F)cc43)c1=O)C(C)(C)CCC2. The van der Waals surface area contributed by atoms with Crippen LogP contribution < -0.4 is 5.56 Å². The van der Waals surface area contributed by atoms with Crippen molar-refractivity contribution in [3.8, 4) is 0 Å². The van der Waals surface area contributed by atoms with Crippen LogP contribution in [0.1, 0.15) is 52.9 Å². The lowest BCUT2D eigenvalue weighted by molar-refractivity contribution is 0.295. The van der Waals surface area contributed by atoms with E-state index in [1.54, 1.807) is 17.2 Å². The van der Waals surface area contributed by atoms with Crippen LogP contribution in [0.5, 0.6) is 0 Å². The first-order valence-corrected chi connectivity index (χ1v) is 10.8. The molecule has 2 aromatic heterocycles. The molecule has 0 saturated carbocycles. The number of aromatic amines is 1. The fourth-order valence-corrected chi connectivity index (χ4v) is 5.30. The molecule has 30 heavy (non-hydrogen) atoms. The first-order chi connectivity index (χ1) is 14.3. The van der Waals surface area contributed by atoms with Gasteiger partial charge in [-0.1, -0.05) is 31.9 Å². The maximum Gasteiger partial charge on any atom is 0.298 e. The first kappa shape index (κ1) is 19.2. The zero-order valence-corrected chi connectivity index (χ0v) is 17.7. The Hall–Kier alpha value is -2.76. The van der Waals surface area contributed by atoms with Crippen LogP contribution in [0.4, 0.5) is 4.39 Å². The van der Waals surface area contributed by atoms with Crippen LogP contribution in [0.25, 0.3) is 21.9 Å². The number of aromatic nitrogens is 3. The molecule has 2 atom stereocenters. The van der Waals surface area contributed by atoms with Gasteiger partial charge in [-0.2, -0.15) is 9.78 Å². The van der Waals surface area contributed by atoms with Crippen LogP contribution >= 0.6 is 0 Å². The second kappa shape index (κ2) is 6.89. The molecule has 2 aliphatic carbocycles. The van der Waals surface area contributed by atoms with Crippen LogP contribution in [0.2, 0.25) is 0 Å². The Bertz CT molecular complexity index is 1260. The van der Waals surface area contributed by atoms with Gasteiger partial charge in [-0.25, -0.2) is 9.37 Å². The summed E-state index contributed by atoms with van der Waals surface area (Å²) in [7, 11) is 0. The molecule has 6 heteroatoms. The van der Waals surface area contributed by atoms with Crippen molar-refractivity contribution in [1.29, 1.82) is 0 Å². The van der Waals surface area contributed by atoms with Crippen LogP contribution in [0.15, 0.2) is 45.6 Å². The summed E-state index contributed by atoms with van der Waals surface area (Å²) in [5.41, 5.74) is 4.76. The average Bonchev–Trinajstić information content (AvgIpc) is 3.06. The van der Waals surface area contributed by atoms with Crippen molar-refractivity contribution in [2.45, 2.75) is 52.9 Å². The minimum Gasteiger partial charge on any atom is -0.349 e. The van der Waals surface area contributed by atoms with Crippen molar-refractivity contribution in [2.24, 2.45) is 22.4 Å². The van der Waals surface area contributed by atoms with E-state index in [-0.39, 0.29) is 16.8 Å². The number of rotatable bonds is 2. The Labute approximate surface area is 174 Å². The van der Waals surface area contributed by atoms with Crippen LogP contribution in [-0.2, 0) is 0 Å². The average molecular weight is 407 g/mol. The second-order valence-corrected chi connectivity index (χ2v) is 9.57. The lowest BCUT2D eigenvalue weighted by Crippen LogP contribution is -2.30. The van der Waals surface area contributed by atoms with E-state index in [1.807, 2.05) is 6.21 Å². The third-order valence-corrected chi connectivity index (χ3v) is 7.10. The number of nitrogens with zero attached hydrogens (tertiary/aromatic N) is 3. The molecule has 0 amide bonds. The van der Waals surface area contributed by atoms with Crippen LogP contribution in [0, 0.1) is 23.1 Å². The Kier molecular flexibility index (Phi) is 4.42. The van der Waals surface area contributed by atoms with Crippen molar-refractivity contribution in [2.75, 3.05) is 0 Å². The third kappa shape index (κ3) is 3.09. The number of nitrogens with one attached hydrogen (secondary N) is 1. The summed E-state index contributed by atoms with van der Waals surface area (Å²) < 4.78 is 14.9. The monoisotopic (exact) mass is 406 g/mol. The van der Waals surface area contributed by atoms with E-state index < -0.39 is 0 Å². The van der Waals surface area contributed by atoms with Crippen molar-refractivity contribution in [3.05, 3.63) is 51.8 Å². The highest BCUT2D eigenvalue weighted by Gasteiger charge is 2.36. The Morgan fingerprint density at radius 3 is 3.00 bits per heavy atom. The van der Waals surface area contributed by atoms with E-state index >= 15 is 0 Å². The molecule has 0 spiro atoms. The molecular formula is C24H27FN4O. The second-order valence-electron chi connectivity index (χ2n) is 9.57. The van der Waals surface area contributed by atoms with Crippen LogP contribution in [-0.4, -0.2) is 20.9 Å². The molecule has 2 heterocycles. The summed E-state index contributed by atoms with van der Waals surface area (Å²) >= 11 is 0. The maximum absolute atomic E-state index is 13.6. The number of halogens is 1. The highest BCUT2D eigenvalue weighted by atomic mass is 19.1. The quantitative estimate of drug-likeness (QED) is 0.457. The van der Waals surface area contributed by atoms with Gasteiger partial charge >= 0.3 is 0 Å². The van der Waals surface area contributed by atoms with Gasteiger partial charge in [0.2, 0.25) is 0 Å². The minimum atomic E-state index is -0.349. The van der Waals surface area contributed by atoms with Crippen molar-refractivity contribution >= 4 is 28.2 Å². The van der Waals surface area contributed by atoms with Gasteiger partial charge in [0.15, 0.2) is 0 Å². The molecule has 2 aliphatic rings. The highest BCUT2D eigenvalue weighted by molar-refractivity contribution is 6.04. The van der Waals surface area contributed by atoms with E-state index in [9.17, 15) is 9.18 Å². The molecule has 0 bridgehead atoms. The van der Waals surface area contributed by atoms with Gasteiger partial charge in [0, 0.05) is 23.0 Å². The maximum atomic E-state index is 13.6. The summed E-state index contributed by atoms with van der Waals surface area (Å²) in [6.45, 7) is 6.98. The molecule has 5 nitrogen and oxygen atoms in total. The Morgan fingerprint density at radius 2 is 2.17 bits per heavy atom. The molecule has 0 fully saturated rings. The van der Waals surface area contributed by atoms with Gasteiger partial charge in [0.05, 0.1) is 0 Å². The molecule has 0 aliphatic heterocycles. The van der Waals surface area contributed by atoms with Gasteiger partial charge in [-0.3, -0.25) is 4.79 Å². The molecular weight excluding hydrogens is 379 g/mol. The number of hydrogen-bond donors (Lipinski definition) is 1. The fraction of sp³-hybridized carbons (Fsp3) is 0.458. The smallest absolute Gasteiger partial charge is 0.298 e. The molecule has 5 rings (SSSR count).